The van der Waals surface area contributed by atoms with Gasteiger partial charge in [0.25, 0.3) is 0 Å². The van der Waals surface area contributed by atoms with Gasteiger partial charge in [0.1, 0.15) is 5.82 Å². The Labute approximate surface area is 115 Å². The van der Waals surface area contributed by atoms with Crippen molar-refractivity contribution in [3.05, 3.63) is 45.7 Å². The third kappa shape index (κ3) is 3.52. The maximum Gasteiger partial charge on any atom is 0.163 e. The van der Waals surface area contributed by atoms with Crippen LogP contribution in [-0.4, -0.2) is 5.78 Å². The van der Waals surface area contributed by atoms with Gasteiger partial charge in [-0.15, -0.1) is 0 Å². The second kappa shape index (κ2) is 6.28. The number of halogens is 2. The van der Waals surface area contributed by atoms with Crippen molar-refractivity contribution in [2.45, 2.75) is 38.5 Å². The monoisotopic (exact) mass is 310 g/mol. The molecule has 1 aliphatic rings. The summed E-state index contributed by atoms with van der Waals surface area (Å²) in [5.41, 5.74) is 1.36. The number of rotatable bonds is 3. The van der Waals surface area contributed by atoms with Crippen molar-refractivity contribution in [3.63, 3.8) is 0 Å². The summed E-state index contributed by atoms with van der Waals surface area (Å²) in [7, 11) is 0. The zero-order valence-electron chi connectivity index (χ0n) is 10.2. The van der Waals surface area contributed by atoms with Crippen LogP contribution in [0.3, 0.4) is 0 Å². The van der Waals surface area contributed by atoms with E-state index in [1.165, 1.54) is 12.5 Å². The van der Waals surface area contributed by atoms with Gasteiger partial charge in [0.2, 0.25) is 0 Å². The molecule has 0 bridgehead atoms. The standard InChI is InChI=1S/C15H16BrFO/c16-13-8-7-12(14(17)10-13)9-15(18)11-5-3-1-2-4-6-11/h5,7-8,10H,1-4,6,9H2. The normalized spacial score (nSPS) is 16.0. The van der Waals surface area contributed by atoms with E-state index in [0.717, 1.165) is 31.3 Å². The Morgan fingerprint density at radius 1 is 1.28 bits per heavy atom. The lowest BCUT2D eigenvalue weighted by molar-refractivity contribution is -0.115. The number of ketones is 1. The fraction of sp³-hybridized carbons (Fsp3) is 0.400. The van der Waals surface area contributed by atoms with Gasteiger partial charge < -0.3 is 0 Å². The topological polar surface area (TPSA) is 17.1 Å². The minimum atomic E-state index is -0.313. The minimum absolute atomic E-state index is 0.0677. The van der Waals surface area contributed by atoms with Crippen molar-refractivity contribution in [3.8, 4) is 0 Å². The van der Waals surface area contributed by atoms with Gasteiger partial charge in [0, 0.05) is 10.9 Å². The quantitative estimate of drug-likeness (QED) is 0.798. The minimum Gasteiger partial charge on any atom is -0.294 e. The van der Waals surface area contributed by atoms with Crippen LogP contribution in [0.5, 0.6) is 0 Å². The summed E-state index contributed by atoms with van der Waals surface area (Å²) in [5.74, 6) is -0.245. The Hall–Kier alpha value is -0.960. The van der Waals surface area contributed by atoms with Crippen LogP contribution in [-0.2, 0) is 11.2 Å². The van der Waals surface area contributed by atoms with Crippen LogP contribution in [0.2, 0.25) is 0 Å². The summed E-state index contributed by atoms with van der Waals surface area (Å²) in [6.45, 7) is 0. The maximum absolute atomic E-state index is 13.7. The van der Waals surface area contributed by atoms with Crippen LogP contribution in [0.1, 0.15) is 37.7 Å². The highest BCUT2D eigenvalue weighted by Gasteiger charge is 2.14. The Balaban J connectivity index is 2.08. The third-order valence-corrected chi connectivity index (χ3v) is 3.76. The highest BCUT2D eigenvalue weighted by Crippen LogP contribution is 2.21. The number of carbonyl (C=O) groups excluding carboxylic acids is 1. The average molecular weight is 311 g/mol. The van der Waals surface area contributed by atoms with Gasteiger partial charge in [-0.3, -0.25) is 4.79 Å². The lowest BCUT2D eigenvalue weighted by atomic mass is 9.99. The predicted octanol–water partition coefficient (Wildman–Crippen LogP) is 4.59. The lowest BCUT2D eigenvalue weighted by Crippen LogP contribution is -2.07. The van der Waals surface area contributed by atoms with Gasteiger partial charge >= 0.3 is 0 Å². The molecule has 18 heavy (non-hydrogen) atoms. The Morgan fingerprint density at radius 2 is 2.11 bits per heavy atom. The van der Waals surface area contributed by atoms with Crippen LogP contribution in [0, 0.1) is 5.82 Å². The SMILES string of the molecule is O=C(Cc1ccc(Br)cc1F)C1=CCCCCC1. The van der Waals surface area contributed by atoms with Gasteiger partial charge in [0.05, 0.1) is 0 Å². The number of benzene rings is 1. The van der Waals surface area contributed by atoms with E-state index in [1.807, 2.05) is 6.08 Å². The van der Waals surface area contributed by atoms with E-state index in [9.17, 15) is 9.18 Å². The first kappa shape index (κ1) is 13.5. The van der Waals surface area contributed by atoms with Crippen molar-refractivity contribution < 1.29 is 9.18 Å². The van der Waals surface area contributed by atoms with Gasteiger partial charge in [-0.05, 0) is 49.0 Å². The molecular weight excluding hydrogens is 295 g/mol. The number of allylic oxidation sites excluding steroid dienone is 2. The smallest absolute Gasteiger partial charge is 0.163 e. The number of Topliss-reactive ketones (excluding diaryl/α,β-unsaturated/α-hetero) is 1. The van der Waals surface area contributed by atoms with Crippen LogP contribution >= 0.6 is 15.9 Å². The fourth-order valence-electron chi connectivity index (χ4n) is 2.22. The molecule has 0 spiro atoms. The molecule has 1 aliphatic carbocycles. The number of hydrogen-bond acceptors (Lipinski definition) is 1. The Kier molecular flexibility index (Phi) is 4.70. The molecule has 0 amide bonds. The molecule has 0 saturated heterocycles. The molecule has 0 radical (unpaired) electrons. The van der Waals surface area contributed by atoms with E-state index < -0.39 is 0 Å². The van der Waals surface area contributed by atoms with Gasteiger partial charge in [-0.25, -0.2) is 4.39 Å². The average Bonchev–Trinajstić information content (AvgIpc) is 2.61. The molecule has 0 fully saturated rings. The summed E-state index contributed by atoms with van der Waals surface area (Å²) in [4.78, 5) is 12.1. The molecule has 0 aliphatic heterocycles. The van der Waals surface area contributed by atoms with E-state index in [2.05, 4.69) is 15.9 Å². The predicted molar refractivity (Wildman–Crippen MR) is 74.0 cm³/mol. The summed E-state index contributed by atoms with van der Waals surface area (Å²) < 4.78 is 14.4. The Morgan fingerprint density at radius 3 is 2.89 bits per heavy atom. The molecule has 0 aromatic heterocycles. The molecule has 96 valence electrons. The Bertz CT molecular complexity index is 479. The summed E-state index contributed by atoms with van der Waals surface area (Å²) in [6, 6.07) is 4.85. The van der Waals surface area contributed by atoms with Crippen LogP contribution in [0.4, 0.5) is 4.39 Å². The van der Waals surface area contributed by atoms with Crippen molar-refractivity contribution in [2.75, 3.05) is 0 Å². The molecule has 0 heterocycles. The van der Waals surface area contributed by atoms with E-state index >= 15 is 0 Å². The van der Waals surface area contributed by atoms with Crippen LogP contribution in [0.15, 0.2) is 34.3 Å². The first-order chi connectivity index (χ1) is 8.66. The van der Waals surface area contributed by atoms with Crippen LogP contribution in [0.25, 0.3) is 0 Å². The highest BCUT2D eigenvalue weighted by molar-refractivity contribution is 9.10. The lowest BCUT2D eigenvalue weighted by Gasteiger charge is -2.06. The molecule has 1 aromatic carbocycles. The molecule has 1 nitrogen and oxygen atoms in total. The highest BCUT2D eigenvalue weighted by atomic mass is 79.9. The summed E-state index contributed by atoms with van der Waals surface area (Å²) in [5, 5.41) is 0. The van der Waals surface area contributed by atoms with Crippen molar-refractivity contribution in [2.24, 2.45) is 0 Å². The second-order valence-electron chi connectivity index (χ2n) is 4.66. The fourth-order valence-corrected chi connectivity index (χ4v) is 2.55. The number of hydrogen-bond donors (Lipinski definition) is 0. The van der Waals surface area contributed by atoms with Crippen LogP contribution < -0.4 is 0 Å². The second-order valence-corrected chi connectivity index (χ2v) is 5.58. The van der Waals surface area contributed by atoms with Crippen molar-refractivity contribution in [1.82, 2.24) is 0 Å². The molecular formula is C15H16BrFO. The van der Waals surface area contributed by atoms with Gasteiger partial charge in [0.15, 0.2) is 5.78 Å². The molecule has 0 unspecified atom stereocenters. The first-order valence-electron chi connectivity index (χ1n) is 6.33. The van der Waals surface area contributed by atoms with Gasteiger partial charge in [-0.2, -0.15) is 0 Å². The molecule has 0 atom stereocenters. The third-order valence-electron chi connectivity index (χ3n) is 3.27. The largest absolute Gasteiger partial charge is 0.294 e. The molecule has 2 rings (SSSR count). The zero-order chi connectivity index (χ0) is 13.0. The zero-order valence-corrected chi connectivity index (χ0v) is 11.8. The summed E-state index contributed by atoms with van der Waals surface area (Å²) >= 11 is 3.21. The van der Waals surface area contributed by atoms with E-state index in [0.29, 0.717) is 10.0 Å². The number of carbonyl (C=O) groups is 1. The van der Waals surface area contributed by atoms with E-state index in [1.54, 1.807) is 12.1 Å². The first-order valence-corrected chi connectivity index (χ1v) is 7.12. The van der Waals surface area contributed by atoms with E-state index in [-0.39, 0.29) is 18.0 Å². The van der Waals surface area contributed by atoms with Crippen molar-refractivity contribution in [1.29, 1.82) is 0 Å². The van der Waals surface area contributed by atoms with Crippen molar-refractivity contribution >= 4 is 21.7 Å². The molecule has 3 heteroatoms. The maximum atomic E-state index is 13.7. The van der Waals surface area contributed by atoms with Gasteiger partial charge in [-0.1, -0.05) is 34.5 Å². The molecule has 1 aromatic rings. The molecule has 0 N–H and O–H groups in total. The summed E-state index contributed by atoms with van der Waals surface area (Å²) in [6.07, 6.45) is 7.43. The van der Waals surface area contributed by atoms with E-state index in [4.69, 9.17) is 0 Å². The molecule has 0 saturated carbocycles.